The van der Waals surface area contributed by atoms with E-state index in [1.54, 1.807) is 20.8 Å². The van der Waals surface area contributed by atoms with E-state index < -0.39 is 24.1 Å². The Morgan fingerprint density at radius 1 is 1.19 bits per heavy atom. The number of esters is 2. The molecule has 0 saturated carbocycles. The number of carbonyl (C=O) groups is 2. The van der Waals surface area contributed by atoms with Gasteiger partial charge in [-0.3, -0.25) is 9.59 Å². The highest BCUT2D eigenvalue weighted by atomic mass is 16.7. The molecule has 0 saturated heterocycles. The molecule has 16 heavy (non-hydrogen) atoms. The van der Waals surface area contributed by atoms with E-state index in [9.17, 15) is 14.4 Å². The minimum atomic E-state index is -0.711. The molecule has 0 rings (SSSR count). The van der Waals surface area contributed by atoms with E-state index in [0.29, 0.717) is 0 Å². The maximum absolute atomic E-state index is 11.2. The molecule has 6 heteroatoms. The maximum atomic E-state index is 11.2. The lowest BCUT2D eigenvalue weighted by atomic mass is 9.98. The average molecular weight is 231 g/mol. The van der Waals surface area contributed by atoms with Crippen molar-refractivity contribution >= 4 is 18.2 Å². The van der Waals surface area contributed by atoms with Gasteiger partial charge in [-0.2, -0.15) is 0 Å². The van der Waals surface area contributed by atoms with Crippen LogP contribution in [0.1, 0.15) is 20.8 Å². The zero-order chi connectivity index (χ0) is 12.6. The predicted molar refractivity (Wildman–Crippen MR) is 53.0 cm³/mol. The van der Waals surface area contributed by atoms with Crippen molar-refractivity contribution in [1.82, 2.24) is 0 Å². The summed E-state index contributed by atoms with van der Waals surface area (Å²) in [6.07, 6.45) is 1.45. The van der Waals surface area contributed by atoms with Gasteiger partial charge in [-0.1, -0.05) is 0 Å². The van der Waals surface area contributed by atoms with Crippen molar-refractivity contribution in [2.45, 2.75) is 20.8 Å². The second-order valence-electron chi connectivity index (χ2n) is 3.95. The molecule has 6 nitrogen and oxygen atoms in total. The van der Waals surface area contributed by atoms with E-state index in [1.165, 1.54) is 6.29 Å². The molecule has 0 atom stereocenters. The number of carbonyl (C=O) groups excluding carboxylic acids is 3. The van der Waals surface area contributed by atoms with E-state index >= 15 is 0 Å². The Kier molecular flexibility index (Phi) is 6.32. The molecule has 0 aromatic heterocycles. The lowest BCUT2D eigenvalue weighted by Gasteiger charge is -2.16. The second kappa shape index (κ2) is 6.95. The number of hydrogen-bond donors (Lipinski definition) is 0. The lowest BCUT2D eigenvalue weighted by molar-refractivity contribution is -0.175. The van der Waals surface area contributed by atoms with Crippen LogP contribution in [0.25, 0.3) is 0 Å². The Balaban J connectivity index is 3.62. The Morgan fingerprint density at radius 2 is 1.81 bits per heavy atom. The van der Waals surface area contributed by atoms with Crippen molar-refractivity contribution in [3.8, 4) is 0 Å². The van der Waals surface area contributed by atoms with E-state index in [-0.39, 0.29) is 13.2 Å². The van der Waals surface area contributed by atoms with Gasteiger partial charge in [0.2, 0.25) is 13.1 Å². The Bertz CT molecular complexity index is 253. The van der Waals surface area contributed by atoms with Crippen molar-refractivity contribution < 1.29 is 28.6 Å². The van der Waals surface area contributed by atoms with Crippen LogP contribution in [0.2, 0.25) is 0 Å². The smallest absolute Gasteiger partial charge is 0.334 e. The molecule has 0 fully saturated rings. The van der Waals surface area contributed by atoms with Crippen LogP contribution in [-0.4, -0.2) is 38.2 Å². The van der Waals surface area contributed by atoms with Gasteiger partial charge in [-0.15, -0.1) is 0 Å². The fraction of sp³-hybridized carbons (Fsp3) is 0.700. The highest BCUT2D eigenvalue weighted by molar-refractivity contribution is 5.75. The third kappa shape index (κ3) is 6.94. The Labute approximate surface area is 93.8 Å². The lowest BCUT2D eigenvalue weighted by Crippen LogP contribution is -2.25. The minimum absolute atomic E-state index is 0.295. The SMILES string of the molecule is CC(C)(C)C(=O)OCOC(=O)COC[C]=O. The maximum Gasteiger partial charge on any atom is 0.334 e. The summed E-state index contributed by atoms with van der Waals surface area (Å²) in [5.74, 6) is -1.18. The van der Waals surface area contributed by atoms with E-state index in [1.807, 2.05) is 0 Å². The largest absolute Gasteiger partial charge is 0.427 e. The van der Waals surface area contributed by atoms with Crippen LogP contribution in [0.3, 0.4) is 0 Å². The van der Waals surface area contributed by atoms with Crippen LogP contribution in [-0.2, 0) is 28.6 Å². The van der Waals surface area contributed by atoms with Gasteiger partial charge >= 0.3 is 11.9 Å². The van der Waals surface area contributed by atoms with Gasteiger partial charge in [-0.05, 0) is 20.8 Å². The zero-order valence-corrected chi connectivity index (χ0v) is 9.57. The van der Waals surface area contributed by atoms with Crippen molar-refractivity contribution in [1.29, 1.82) is 0 Å². The van der Waals surface area contributed by atoms with Crippen molar-refractivity contribution in [3.63, 3.8) is 0 Å². The summed E-state index contributed by atoms with van der Waals surface area (Å²) in [6.45, 7) is 3.92. The van der Waals surface area contributed by atoms with Crippen molar-refractivity contribution in [3.05, 3.63) is 0 Å². The summed E-state index contributed by atoms with van der Waals surface area (Å²) in [6, 6.07) is 0. The van der Waals surface area contributed by atoms with Gasteiger partial charge < -0.3 is 14.2 Å². The highest BCUT2D eigenvalue weighted by Crippen LogP contribution is 2.14. The highest BCUT2D eigenvalue weighted by Gasteiger charge is 2.23. The number of ether oxygens (including phenoxy) is 3. The first-order chi connectivity index (χ1) is 7.38. The second-order valence-corrected chi connectivity index (χ2v) is 3.95. The van der Waals surface area contributed by atoms with Gasteiger partial charge in [-0.25, -0.2) is 4.79 Å². The summed E-state index contributed by atoms with van der Waals surface area (Å²) >= 11 is 0. The van der Waals surface area contributed by atoms with E-state index in [0.717, 1.165) is 0 Å². The van der Waals surface area contributed by atoms with Gasteiger partial charge in [0.25, 0.3) is 0 Å². The first kappa shape index (κ1) is 14.6. The fourth-order valence-electron chi connectivity index (χ4n) is 0.583. The Hall–Kier alpha value is -1.43. The topological polar surface area (TPSA) is 78.9 Å². The van der Waals surface area contributed by atoms with Crippen LogP contribution < -0.4 is 0 Å². The van der Waals surface area contributed by atoms with Crippen LogP contribution in [0, 0.1) is 5.41 Å². The van der Waals surface area contributed by atoms with Crippen LogP contribution in [0.15, 0.2) is 0 Å². The molecule has 0 N–H and O–H groups in total. The predicted octanol–water partition coefficient (Wildman–Crippen LogP) is 0.203. The molecule has 0 aromatic carbocycles. The summed E-state index contributed by atoms with van der Waals surface area (Å²) < 4.78 is 13.7. The van der Waals surface area contributed by atoms with Crippen molar-refractivity contribution in [2.75, 3.05) is 20.0 Å². The normalized spacial score (nSPS) is 10.7. The minimum Gasteiger partial charge on any atom is -0.427 e. The van der Waals surface area contributed by atoms with Gasteiger partial charge in [0.15, 0.2) is 0 Å². The van der Waals surface area contributed by atoms with Crippen LogP contribution in [0.4, 0.5) is 0 Å². The zero-order valence-electron chi connectivity index (χ0n) is 9.57. The summed E-state index contributed by atoms with van der Waals surface area (Å²) in [5.41, 5.74) is -0.643. The molecule has 0 amide bonds. The summed E-state index contributed by atoms with van der Waals surface area (Å²) in [5, 5.41) is 0. The molecule has 0 heterocycles. The molecular weight excluding hydrogens is 216 g/mol. The molecule has 0 unspecified atom stereocenters. The molecule has 0 aliphatic carbocycles. The molecule has 0 spiro atoms. The van der Waals surface area contributed by atoms with Crippen LogP contribution in [0.5, 0.6) is 0 Å². The molecule has 0 aliphatic rings. The quantitative estimate of drug-likeness (QED) is 0.369. The van der Waals surface area contributed by atoms with Crippen LogP contribution >= 0.6 is 0 Å². The molecule has 0 aromatic rings. The number of hydrogen-bond acceptors (Lipinski definition) is 6. The molecule has 0 bridgehead atoms. The number of rotatable bonds is 6. The average Bonchev–Trinajstić information content (AvgIpc) is 2.16. The third-order valence-corrected chi connectivity index (χ3v) is 1.40. The summed E-state index contributed by atoms with van der Waals surface area (Å²) in [7, 11) is 0. The monoisotopic (exact) mass is 231 g/mol. The van der Waals surface area contributed by atoms with Gasteiger partial charge in [0.1, 0.15) is 13.2 Å². The summed E-state index contributed by atoms with van der Waals surface area (Å²) in [4.78, 5) is 31.8. The first-order valence-corrected chi connectivity index (χ1v) is 4.63. The molecule has 0 aliphatic heterocycles. The molecular formula is C10H15O6. The fourth-order valence-corrected chi connectivity index (χ4v) is 0.583. The van der Waals surface area contributed by atoms with E-state index in [4.69, 9.17) is 0 Å². The first-order valence-electron chi connectivity index (χ1n) is 4.63. The van der Waals surface area contributed by atoms with Crippen molar-refractivity contribution in [2.24, 2.45) is 5.41 Å². The van der Waals surface area contributed by atoms with Gasteiger partial charge in [0, 0.05) is 0 Å². The van der Waals surface area contributed by atoms with E-state index in [2.05, 4.69) is 14.2 Å². The Morgan fingerprint density at radius 3 is 2.31 bits per heavy atom. The third-order valence-electron chi connectivity index (χ3n) is 1.40. The van der Waals surface area contributed by atoms with Gasteiger partial charge in [0.05, 0.1) is 5.41 Å². The molecule has 91 valence electrons. The standard InChI is InChI=1S/C10H15O6/c1-10(2,3)9(13)16-7-15-8(12)6-14-5-4-11/h5-7H2,1-3H3. The molecule has 1 radical (unpaired) electrons.